The lowest BCUT2D eigenvalue weighted by atomic mass is 10.3. The Morgan fingerprint density at radius 3 is 2.87 bits per heavy atom. The quantitative estimate of drug-likeness (QED) is 0.701. The van der Waals surface area contributed by atoms with Gasteiger partial charge >= 0.3 is 0 Å². The van der Waals surface area contributed by atoms with E-state index in [1.54, 1.807) is 29.2 Å². The van der Waals surface area contributed by atoms with Crippen LogP contribution < -0.4 is 10.1 Å². The van der Waals surface area contributed by atoms with Gasteiger partial charge in [-0.05, 0) is 30.3 Å². The minimum atomic E-state index is -0.314. The van der Waals surface area contributed by atoms with Gasteiger partial charge in [-0.25, -0.2) is 14.1 Å². The molecule has 0 saturated heterocycles. The lowest BCUT2D eigenvalue weighted by molar-refractivity contribution is 0.331. The summed E-state index contributed by atoms with van der Waals surface area (Å²) in [5, 5.41) is 7.80. The average Bonchev–Trinajstić information content (AvgIpc) is 3.06. The fourth-order valence-corrected chi connectivity index (χ4v) is 2.32. The van der Waals surface area contributed by atoms with E-state index in [2.05, 4.69) is 15.4 Å². The number of benzene rings is 2. The summed E-state index contributed by atoms with van der Waals surface area (Å²) < 4.78 is 20.1. The molecule has 0 unspecified atom stereocenters. The third kappa shape index (κ3) is 3.98. The molecular weight excluding hydrogens is 319 g/mol. The molecule has 118 valence electrons. The van der Waals surface area contributed by atoms with Crippen LogP contribution in [0.4, 0.5) is 10.1 Å². The van der Waals surface area contributed by atoms with Crippen molar-refractivity contribution in [3.05, 3.63) is 66.0 Å². The van der Waals surface area contributed by atoms with E-state index in [0.717, 1.165) is 11.4 Å². The number of hydrogen-bond acceptors (Lipinski definition) is 4. The Morgan fingerprint density at radius 1 is 1.22 bits per heavy atom. The number of anilines is 1. The Hall–Kier alpha value is -2.60. The number of nitrogens with zero attached hydrogens (tertiary/aromatic N) is 3. The molecule has 0 spiro atoms. The van der Waals surface area contributed by atoms with Gasteiger partial charge in [0.1, 0.15) is 30.8 Å². The molecule has 0 bridgehead atoms. The van der Waals surface area contributed by atoms with Gasteiger partial charge in [-0.3, -0.25) is 0 Å². The van der Waals surface area contributed by atoms with Gasteiger partial charge in [-0.15, -0.1) is 0 Å². The van der Waals surface area contributed by atoms with Crippen molar-refractivity contribution in [3.63, 3.8) is 0 Å². The molecule has 7 heteroatoms. The van der Waals surface area contributed by atoms with Crippen LogP contribution in [-0.2, 0) is 0 Å². The molecule has 1 aromatic heterocycles. The van der Waals surface area contributed by atoms with E-state index < -0.39 is 0 Å². The van der Waals surface area contributed by atoms with Crippen molar-refractivity contribution >= 4 is 17.3 Å². The zero-order valence-corrected chi connectivity index (χ0v) is 12.9. The highest BCUT2D eigenvalue weighted by Crippen LogP contribution is 2.23. The van der Waals surface area contributed by atoms with E-state index in [1.807, 2.05) is 12.1 Å². The highest BCUT2D eigenvalue weighted by atomic mass is 35.5. The fourth-order valence-electron chi connectivity index (χ4n) is 2.06. The van der Waals surface area contributed by atoms with Gasteiger partial charge in [0, 0.05) is 18.3 Å². The number of hydrogen-bond donors (Lipinski definition) is 1. The lowest BCUT2D eigenvalue weighted by Gasteiger charge is -2.10. The molecule has 0 fully saturated rings. The Labute approximate surface area is 137 Å². The van der Waals surface area contributed by atoms with Crippen molar-refractivity contribution in [2.24, 2.45) is 0 Å². The van der Waals surface area contributed by atoms with Crippen LogP contribution in [0.1, 0.15) is 0 Å². The van der Waals surface area contributed by atoms with Gasteiger partial charge in [0.25, 0.3) is 0 Å². The predicted molar refractivity (Wildman–Crippen MR) is 86.8 cm³/mol. The standard InChI is InChI=1S/C16H14ClFN4O/c17-15-9-13(4-5-16(15)22-11-19-10-21-22)20-6-7-23-14-3-1-2-12(18)8-14/h1-5,8-11,20H,6-7H2. The van der Waals surface area contributed by atoms with Crippen LogP contribution in [0.3, 0.4) is 0 Å². The maximum absolute atomic E-state index is 13.0. The Balaban J connectivity index is 1.54. The highest BCUT2D eigenvalue weighted by molar-refractivity contribution is 6.32. The summed E-state index contributed by atoms with van der Waals surface area (Å²) >= 11 is 6.25. The number of rotatable bonds is 6. The highest BCUT2D eigenvalue weighted by Gasteiger charge is 2.04. The largest absolute Gasteiger partial charge is 0.492 e. The maximum atomic E-state index is 13.0. The first-order valence-electron chi connectivity index (χ1n) is 6.99. The SMILES string of the molecule is Fc1cccc(OCCNc2ccc(-n3cncn3)c(Cl)c2)c1. The molecule has 0 aliphatic carbocycles. The molecule has 3 rings (SSSR count). The van der Waals surface area contributed by atoms with Gasteiger partial charge in [0.05, 0.1) is 10.7 Å². The third-order valence-electron chi connectivity index (χ3n) is 3.11. The molecule has 1 heterocycles. The normalized spacial score (nSPS) is 10.5. The summed E-state index contributed by atoms with van der Waals surface area (Å²) in [5.41, 5.74) is 1.62. The van der Waals surface area contributed by atoms with E-state index in [-0.39, 0.29) is 5.82 Å². The lowest BCUT2D eigenvalue weighted by Crippen LogP contribution is -2.11. The topological polar surface area (TPSA) is 52.0 Å². The summed E-state index contributed by atoms with van der Waals surface area (Å²) in [7, 11) is 0. The predicted octanol–water partition coefficient (Wildman–Crippen LogP) is 3.55. The van der Waals surface area contributed by atoms with Gasteiger partial charge in [0.15, 0.2) is 0 Å². The van der Waals surface area contributed by atoms with Crippen LogP contribution in [0, 0.1) is 5.82 Å². The first-order valence-corrected chi connectivity index (χ1v) is 7.37. The minimum Gasteiger partial charge on any atom is -0.492 e. The van der Waals surface area contributed by atoms with Crippen LogP contribution in [0.5, 0.6) is 5.75 Å². The fraction of sp³-hybridized carbons (Fsp3) is 0.125. The van der Waals surface area contributed by atoms with E-state index in [9.17, 15) is 4.39 Å². The maximum Gasteiger partial charge on any atom is 0.138 e. The molecule has 0 radical (unpaired) electrons. The van der Waals surface area contributed by atoms with Crippen LogP contribution in [-0.4, -0.2) is 27.9 Å². The van der Waals surface area contributed by atoms with Crippen molar-refractivity contribution in [2.75, 3.05) is 18.5 Å². The van der Waals surface area contributed by atoms with E-state index in [1.165, 1.54) is 18.5 Å². The van der Waals surface area contributed by atoms with Crippen LogP contribution in [0.15, 0.2) is 55.1 Å². The number of ether oxygens (including phenoxy) is 1. The zero-order chi connectivity index (χ0) is 16.1. The Morgan fingerprint density at radius 2 is 2.13 bits per heavy atom. The van der Waals surface area contributed by atoms with Gasteiger partial charge in [-0.1, -0.05) is 17.7 Å². The Kier molecular flexibility index (Phi) is 4.73. The second-order valence-electron chi connectivity index (χ2n) is 4.74. The average molecular weight is 333 g/mol. The van der Waals surface area contributed by atoms with Crippen LogP contribution in [0.25, 0.3) is 5.69 Å². The van der Waals surface area contributed by atoms with Crippen molar-refractivity contribution in [1.29, 1.82) is 0 Å². The monoisotopic (exact) mass is 332 g/mol. The molecule has 0 atom stereocenters. The Bertz CT molecular complexity index is 780. The molecule has 5 nitrogen and oxygen atoms in total. The van der Waals surface area contributed by atoms with E-state index in [0.29, 0.717) is 23.9 Å². The molecule has 0 amide bonds. The summed E-state index contributed by atoms with van der Waals surface area (Å²) in [5.74, 6) is 0.192. The van der Waals surface area contributed by atoms with Crippen molar-refractivity contribution in [1.82, 2.24) is 14.8 Å². The van der Waals surface area contributed by atoms with Gasteiger partial charge < -0.3 is 10.1 Å². The summed E-state index contributed by atoms with van der Waals surface area (Å²) in [6.45, 7) is 0.974. The molecule has 0 aliphatic heterocycles. The smallest absolute Gasteiger partial charge is 0.138 e. The minimum absolute atomic E-state index is 0.314. The second-order valence-corrected chi connectivity index (χ2v) is 5.15. The second kappa shape index (κ2) is 7.11. The van der Waals surface area contributed by atoms with E-state index in [4.69, 9.17) is 16.3 Å². The molecule has 0 aliphatic rings. The number of aromatic nitrogens is 3. The summed E-state index contributed by atoms with van der Waals surface area (Å²) in [6.07, 6.45) is 3.04. The summed E-state index contributed by atoms with van der Waals surface area (Å²) in [6, 6.07) is 11.6. The van der Waals surface area contributed by atoms with Gasteiger partial charge in [0.2, 0.25) is 0 Å². The molecule has 3 aromatic rings. The van der Waals surface area contributed by atoms with Crippen molar-refractivity contribution in [2.45, 2.75) is 0 Å². The van der Waals surface area contributed by atoms with Crippen LogP contribution >= 0.6 is 11.6 Å². The summed E-state index contributed by atoms with van der Waals surface area (Å²) in [4.78, 5) is 3.89. The number of halogens is 2. The molecule has 0 saturated carbocycles. The zero-order valence-electron chi connectivity index (χ0n) is 12.1. The molecule has 2 aromatic carbocycles. The van der Waals surface area contributed by atoms with Crippen LogP contribution in [0.2, 0.25) is 5.02 Å². The molecule has 1 N–H and O–H groups in total. The van der Waals surface area contributed by atoms with E-state index >= 15 is 0 Å². The third-order valence-corrected chi connectivity index (χ3v) is 3.41. The molecular formula is C16H14ClFN4O. The first-order chi connectivity index (χ1) is 11.2. The van der Waals surface area contributed by atoms with Gasteiger partial charge in [-0.2, -0.15) is 5.10 Å². The molecule has 23 heavy (non-hydrogen) atoms. The van der Waals surface area contributed by atoms with Crippen molar-refractivity contribution in [3.8, 4) is 11.4 Å². The number of nitrogens with one attached hydrogen (secondary N) is 1. The van der Waals surface area contributed by atoms with Crippen molar-refractivity contribution < 1.29 is 9.13 Å². The first kappa shape index (κ1) is 15.3.